The molecule has 0 saturated carbocycles. The highest BCUT2D eigenvalue weighted by molar-refractivity contribution is 7.16. The van der Waals surface area contributed by atoms with Gasteiger partial charge in [-0.3, -0.25) is 5.10 Å². The Labute approximate surface area is 120 Å². The Kier molecular flexibility index (Phi) is 2.56. The molecule has 0 unspecified atom stereocenters. The first kappa shape index (κ1) is 11.6. The van der Waals surface area contributed by atoms with Crippen LogP contribution in [0.2, 0.25) is 0 Å². The molecule has 0 amide bonds. The molecule has 20 heavy (non-hydrogen) atoms. The van der Waals surface area contributed by atoms with Crippen molar-refractivity contribution in [1.29, 1.82) is 0 Å². The molecule has 3 aromatic heterocycles. The summed E-state index contributed by atoms with van der Waals surface area (Å²) in [6.45, 7) is 2.02. The smallest absolute Gasteiger partial charge is 0.189 e. The van der Waals surface area contributed by atoms with Crippen molar-refractivity contribution in [3.63, 3.8) is 0 Å². The van der Waals surface area contributed by atoms with E-state index in [2.05, 4.69) is 20.5 Å². The van der Waals surface area contributed by atoms with Gasteiger partial charge in [-0.15, -0.1) is 11.3 Å². The minimum atomic E-state index is 0.822. The molecule has 100 valence electrons. The van der Waals surface area contributed by atoms with Crippen LogP contribution in [0, 0.1) is 6.92 Å². The molecule has 3 aromatic rings. The van der Waals surface area contributed by atoms with Crippen molar-refractivity contribution in [2.75, 3.05) is 5.32 Å². The number of rotatable bonds is 2. The largest absolute Gasteiger partial charge is 0.316 e. The van der Waals surface area contributed by atoms with Crippen LogP contribution in [0.3, 0.4) is 0 Å². The van der Waals surface area contributed by atoms with Crippen molar-refractivity contribution in [3.05, 3.63) is 40.7 Å². The number of fused-ring (bicyclic) bond motifs is 3. The van der Waals surface area contributed by atoms with E-state index >= 15 is 0 Å². The van der Waals surface area contributed by atoms with Crippen molar-refractivity contribution < 1.29 is 0 Å². The fourth-order valence-corrected chi connectivity index (χ4v) is 3.51. The van der Waals surface area contributed by atoms with Gasteiger partial charge in [0, 0.05) is 22.3 Å². The first-order valence-electron chi connectivity index (χ1n) is 6.53. The average molecular weight is 283 g/mol. The number of hydrogen-bond acceptors (Lipinski definition) is 5. The lowest BCUT2D eigenvalue weighted by Crippen LogP contribution is -2.01. The third kappa shape index (κ3) is 1.80. The number of aryl methyl sites for hydroxylation is 3. The fourth-order valence-electron chi connectivity index (χ4n) is 2.53. The lowest BCUT2D eigenvalue weighted by molar-refractivity contribution is 0.889. The van der Waals surface area contributed by atoms with Crippen molar-refractivity contribution >= 4 is 22.3 Å². The summed E-state index contributed by atoms with van der Waals surface area (Å²) in [5, 5.41) is 11.6. The monoisotopic (exact) mass is 283 g/mol. The predicted molar refractivity (Wildman–Crippen MR) is 79.4 cm³/mol. The number of aromatic amines is 1. The second kappa shape index (κ2) is 4.42. The van der Waals surface area contributed by atoms with Crippen molar-refractivity contribution in [2.24, 2.45) is 0 Å². The van der Waals surface area contributed by atoms with Crippen LogP contribution in [0.1, 0.15) is 16.3 Å². The van der Waals surface area contributed by atoms with Crippen LogP contribution in [0.5, 0.6) is 0 Å². The lowest BCUT2D eigenvalue weighted by Gasteiger charge is -2.09. The van der Waals surface area contributed by atoms with Crippen LogP contribution in [-0.4, -0.2) is 20.2 Å². The number of nitrogens with one attached hydrogen (secondary N) is 2. The highest BCUT2D eigenvalue weighted by Crippen LogP contribution is 2.39. The highest BCUT2D eigenvalue weighted by Gasteiger charge is 2.24. The van der Waals surface area contributed by atoms with E-state index in [9.17, 15) is 0 Å². The Bertz CT molecular complexity index is 759. The molecule has 0 spiro atoms. The van der Waals surface area contributed by atoms with Gasteiger partial charge in [0.1, 0.15) is 5.82 Å². The zero-order valence-corrected chi connectivity index (χ0v) is 11.8. The van der Waals surface area contributed by atoms with E-state index in [-0.39, 0.29) is 0 Å². The topological polar surface area (TPSA) is 66.5 Å². The molecule has 0 radical (unpaired) electrons. The molecule has 1 aliphatic rings. The summed E-state index contributed by atoms with van der Waals surface area (Å²) < 4.78 is 0. The highest BCUT2D eigenvalue weighted by atomic mass is 32.1. The molecule has 3 heterocycles. The van der Waals surface area contributed by atoms with E-state index in [1.165, 1.54) is 16.1 Å². The molecule has 2 N–H and O–H groups in total. The Morgan fingerprint density at radius 1 is 1.30 bits per heavy atom. The van der Waals surface area contributed by atoms with Crippen LogP contribution in [-0.2, 0) is 12.8 Å². The zero-order chi connectivity index (χ0) is 13.5. The molecule has 6 heteroatoms. The summed E-state index contributed by atoms with van der Waals surface area (Å²) in [6, 6.07) is 5.80. The molecule has 4 rings (SSSR count). The van der Waals surface area contributed by atoms with Crippen LogP contribution in [0.4, 0.5) is 10.9 Å². The summed E-state index contributed by atoms with van der Waals surface area (Å²) in [6.07, 6.45) is 3.80. The number of pyridine rings is 1. The standard InChI is InChI=1S/C14H13N5S/c1-8-12-9(19-18-8)5-6-10-13(12)17-14(20-10)16-11-4-2-3-7-15-11/h2-4,7H,5-6H2,1H3,(H,18,19)(H,15,16,17). The molecule has 0 fully saturated rings. The van der Waals surface area contributed by atoms with Crippen LogP contribution in [0.25, 0.3) is 11.3 Å². The maximum absolute atomic E-state index is 4.73. The van der Waals surface area contributed by atoms with Gasteiger partial charge >= 0.3 is 0 Å². The lowest BCUT2D eigenvalue weighted by atomic mass is 9.98. The van der Waals surface area contributed by atoms with E-state index < -0.39 is 0 Å². The number of thiazole rings is 1. The van der Waals surface area contributed by atoms with Gasteiger partial charge in [-0.1, -0.05) is 6.07 Å². The van der Waals surface area contributed by atoms with Gasteiger partial charge in [0.15, 0.2) is 5.13 Å². The SMILES string of the molecule is Cc1n[nH]c2c1-c1nc(Nc3ccccn3)sc1CC2. The fraction of sp³-hybridized carbons (Fsp3) is 0.214. The number of hydrogen-bond donors (Lipinski definition) is 2. The van der Waals surface area contributed by atoms with Crippen LogP contribution < -0.4 is 5.32 Å². The summed E-state index contributed by atoms with van der Waals surface area (Å²) in [7, 11) is 0. The molecule has 0 aliphatic heterocycles. The van der Waals surface area contributed by atoms with Gasteiger partial charge in [-0.05, 0) is 31.9 Å². The first-order valence-corrected chi connectivity index (χ1v) is 7.35. The summed E-state index contributed by atoms with van der Waals surface area (Å²) in [5.41, 5.74) is 4.47. The molecule has 0 saturated heterocycles. The van der Waals surface area contributed by atoms with Gasteiger partial charge in [0.25, 0.3) is 0 Å². The Balaban J connectivity index is 1.73. The average Bonchev–Trinajstić information content (AvgIpc) is 3.03. The molecule has 1 aliphatic carbocycles. The third-order valence-corrected chi connectivity index (χ3v) is 4.49. The minimum absolute atomic E-state index is 0.822. The number of nitrogens with zero attached hydrogens (tertiary/aromatic N) is 3. The van der Waals surface area contributed by atoms with Gasteiger partial charge in [-0.2, -0.15) is 5.10 Å². The van der Waals surface area contributed by atoms with E-state index in [4.69, 9.17) is 4.98 Å². The van der Waals surface area contributed by atoms with Gasteiger partial charge in [0.05, 0.1) is 11.4 Å². The van der Waals surface area contributed by atoms with Crippen molar-refractivity contribution in [3.8, 4) is 11.3 Å². The number of anilines is 2. The maximum Gasteiger partial charge on any atom is 0.189 e. The van der Waals surface area contributed by atoms with Crippen molar-refractivity contribution in [2.45, 2.75) is 19.8 Å². The van der Waals surface area contributed by atoms with E-state index in [0.29, 0.717) is 0 Å². The second-order valence-corrected chi connectivity index (χ2v) is 5.88. The molecule has 5 nitrogen and oxygen atoms in total. The molecular formula is C14H13N5S. The number of H-pyrrole nitrogens is 1. The van der Waals surface area contributed by atoms with E-state index in [0.717, 1.165) is 35.2 Å². The maximum atomic E-state index is 4.73. The second-order valence-electron chi connectivity index (χ2n) is 4.79. The quantitative estimate of drug-likeness (QED) is 0.758. The predicted octanol–water partition coefficient (Wildman–Crippen LogP) is 3.08. The minimum Gasteiger partial charge on any atom is -0.316 e. The van der Waals surface area contributed by atoms with Gasteiger partial charge < -0.3 is 5.32 Å². The van der Waals surface area contributed by atoms with E-state index in [1.54, 1.807) is 17.5 Å². The third-order valence-electron chi connectivity index (χ3n) is 3.46. The van der Waals surface area contributed by atoms with Crippen LogP contribution in [0.15, 0.2) is 24.4 Å². The normalized spacial score (nSPS) is 12.8. The Morgan fingerprint density at radius 3 is 3.10 bits per heavy atom. The summed E-state index contributed by atoms with van der Waals surface area (Å²) in [4.78, 5) is 10.3. The molecular weight excluding hydrogens is 270 g/mol. The van der Waals surface area contributed by atoms with Gasteiger partial charge in [0.2, 0.25) is 0 Å². The number of aromatic nitrogens is 4. The summed E-state index contributed by atoms with van der Waals surface area (Å²) in [5.74, 6) is 0.822. The van der Waals surface area contributed by atoms with E-state index in [1.807, 2.05) is 25.1 Å². The van der Waals surface area contributed by atoms with Crippen LogP contribution >= 0.6 is 11.3 Å². The Hall–Kier alpha value is -2.21. The molecule has 0 atom stereocenters. The molecule has 0 bridgehead atoms. The van der Waals surface area contributed by atoms with Gasteiger partial charge in [-0.25, -0.2) is 9.97 Å². The first-order chi connectivity index (χ1) is 9.81. The van der Waals surface area contributed by atoms with Crippen molar-refractivity contribution in [1.82, 2.24) is 20.2 Å². The molecule has 0 aromatic carbocycles. The zero-order valence-electron chi connectivity index (χ0n) is 11.0. The Morgan fingerprint density at radius 2 is 2.25 bits per heavy atom. The summed E-state index contributed by atoms with van der Waals surface area (Å²) >= 11 is 1.70.